The maximum Gasteiger partial charge on any atom is 0.247 e. The summed E-state index contributed by atoms with van der Waals surface area (Å²) in [6, 6.07) is 21.8. The number of rotatable bonds is 6. The fourth-order valence-corrected chi connectivity index (χ4v) is 4.00. The van der Waals surface area contributed by atoms with Gasteiger partial charge in [0.25, 0.3) is 0 Å². The quantitative estimate of drug-likeness (QED) is 0.354. The summed E-state index contributed by atoms with van der Waals surface area (Å²) in [4.78, 5) is 4.11. The van der Waals surface area contributed by atoms with Crippen molar-refractivity contribution in [3.63, 3.8) is 0 Å². The van der Waals surface area contributed by atoms with Gasteiger partial charge >= 0.3 is 0 Å². The maximum atomic E-state index is 5.84. The molecule has 2 aromatic carbocycles. The van der Waals surface area contributed by atoms with Crippen molar-refractivity contribution in [1.82, 2.24) is 29.9 Å². The third-order valence-corrected chi connectivity index (χ3v) is 5.65. The average Bonchev–Trinajstić information content (AvgIpc) is 3.46. The topological polar surface area (TPSA) is 82.5 Å². The molecule has 31 heavy (non-hydrogen) atoms. The first-order chi connectivity index (χ1) is 15.3. The van der Waals surface area contributed by atoms with Crippen LogP contribution in [0.2, 0.25) is 0 Å². The first kappa shape index (κ1) is 19.2. The van der Waals surface area contributed by atoms with E-state index in [0.29, 0.717) is 17.5 Å². The number of hydrogen-bond acceptors (Lipinski definition) is 7. The largest absolute Gasteiger partial charge is 0.420 e. The van der Waals surface area contributed by atoms with Crippen LogP contribution >= 0.6 is 11.8 Å². The van der Waals surface area contributed by atoms with Crippen molar-refractivity contribution < 1.29 is 4.42 Å². The Labute approximate surface area is 183 Å². The van der Waals surface area contributed by atoms with Crippen molar-refractivity contribution in [2.24, 2.45) is 0 Å². The number of thioether (sulfide) groups is 1. The molecule has 0 unspecified atom stereocenters. The summed E-state index contributed by atoms with van der Waals surface area (Å²) >= 11 is 1.51. The summed E-state index contributed by atoms with van der Waals surface area (Å²) in [6.07, 6.45) is 3.51. The zero-order valence-corrected chi connectivity index (χ0v) is 17.5. The van der Waals surface area contributed by atoms with Gasteiger partial charge in [0.05, 0.1) is 11.4 Å². The molecule has 0 radical (unpaired) electrons. The minimum atomic E-state index is 0.486. The van der Waals surface area contributed by atoms with Crippen LogP contribution in [-0.2, 0) is 5.75 Å². The fraction of sp³-hybridized carbons (Fsp3) is 0.0870. The van der Waals surface area contributed by atoms with Crippen LogP contribution in [0.1, 0.15) is 11.5 Å². The van der Waals surface area contributed by atoms with Gasteiger partial charge in [-0.25, -0.2) is 0 Å². The van der Waals surface area contributed by atoms with Gasteiger partial charge in [0.15, 0.2) is 11.0 Å². The molecule has 0 aliphatic heterocycles. The van der Waals surface area contributed by atoms with Crippen molar-refractivity contribution in [3.05, 3.63) is 90.6 Å². The molecule has 0 aliphatic rings. The van der Waals surface area contributed by atoms with Gasteiger partial charge in [-0.05, 0) is 42.8 Å². The van der Waals surface area contributed by atoms with E-state index in [1.54, 1.807) is 12.4 Å². The average molecular weight is 427 g/mol. The van der Waals surface area contributed by atoms with Crippen LogP contribution < -0.4 is 0 Å². The summed E-state index contributed by atoms with van der Waals surface area (Å²) in [5.41, 5.74) is 4.00. The molecule has 0 saturated carbocycles. The Bertz CT molecular complexity index is 1300. The molecule has 5 rings (SSSR count). The van der Waals surface area contributed by atoms with E-state index in [-0.39, 0.29) is 0 Å². The zero-order valence-electron chi connectivity index (χ0n) is 16.7. The summed E-state index contributed by atoms with van der Waals surface area (Å²) in [5.74, 6) is 2.29. The number of aryl methyl sites for hydroxylation is 1. The molecule has 0 N–H and O–H groups in total. The van der Waals surface area contributed by atoms with Crippen LogP contribution in [0.5, 0.6) is 0 Å². The van der Waals surface area contributed by atoms with Crippen molar-refractivity contribution in [3.8, 4) is 28.5 Å². The van der Waals surface area contributed by atoms with Crippen LogP contribution in [0.25, 0.3) is 28.5 Å². The van der Waals surface area contributed by atoms with Gasteiger partial charge in [0, 0.05) is 23.5 Å². The molecule has 0 spiro atoms. The highest BCUT2D eigenvalue weighted by atomic mass is 32.2. The van der Waals surface area contributed by atoms with E-state index in [9.17, 15) is 0 Å². The Morgan fingerprint density at radius 3 is 2.39 bits per heavy atom. The van der Waals surface area contributed by atoms with Gasteiger partial charge in [0.1, 0.15) is 0 Å². The molecular weight excluding hydrogens is 408 g/mol. The van der Waals surface area contributed by atoms with Crippen LogP contribution in [0.3, 0.4) is 0 Å². The van der Waals surface area contributed by atoms with Crippen LogP contribution in [0.15, 0.2) is 88.7 Å². The predicted octanol–water partition coefficient (Wildman–Crippen LogP) is 4.98. The highest BCUT2D eigenvalue weighted by molar-refractivity contribution is 7.98. The van der Waals surface area contributed by atoms with E-state index in [2.05, 4.69) is 49.0 Å². The lowest BCUT2D eigenvalue weighted by atomic mass is 10.2. The van der Waals surface area contributed by atoms with E-state index < -0.39 is 0 Å². The number of nitrogens with zero attached hydrogens (tertiary/aromatic N) is 6. The summed E-state index contributed by atoms with van der Waals surface area (Å²) in [6.45, 7) is 2.07. The molecule has 0 amide bonds. The molecular formula is C23H18N6OS. The second-order valence-electron chi connectivity index (χ2n) is 6.82. The monoisotopic (exact) mass is 426 g/mol. The van der Waals surface area contributed by atoms with Crippen molar-refractivity contribution >= 4 is 11.8 Å². The minimum absolute atomic E-state index is 0.486. The molecule has 0 fully saturated rings. The Balaban J connectivity index is 1.47. The molecule has 152 valence electrons. The number of benzene rings is 2. The second kappa shape index (κ2) is 8.53. The zero-order chi connectivity index (χ0) is 21.0. The van der Waals surface area contributed by atoms with Crippen LogP contribution in [0.4, 0.5) is 0 Å². The summed E-state index contributed by atoms with van der Waals surface area (Å²) < 4.78 is 7.90. The Morgan fingerprint density at radius 2 is 1.58 bits per heavy atom. The SMILES string of the molecule is Cc1ccccc1-n1c(SCc2nnc(-c3ccccc3)o2)nnc1-c1ccncc1. The second-order valence-corrected chi connectivity index (χ2v) is 7.76. The van der Waals surface area contributed by atoms with E-state index in [4.69, 9.17) is 4.42 Å². The van der Waals surface area contributed by atoms with E-state index in [0.717, 1.165) is 33.4 Å². The predicted molar refractivity (Wildman–Crippen MR) is 119 cm³/mol. The van der Waals surface area contributed by atoms with E-state index >= 15 is 0 Å². The van der Waals surface area contributed by atoms with Crippen molar-refractivity contribution in [2.45, 2.75) is 17.8 Å². The molecule has 5 aromatic rings. The lowest BCUT2D eigenvalue weighted by Gasteiger charge is -2.12. The Kier molecular flexibility index (Phi) is 5.28. The maximum absolute atomic E-state index is 5.84. The molecule has 0 saturated heterocycles. The first-order valence-electron chi connectivity index (χ1n) is 9.72. The lowest BCUT2D eigenvalue weighted by molar-refractivity contribution is 0.528. The molecule has 3 aromatic heterocycles. The first-order valence-corrected chi connectivity index (χ1v) is 10.7. The van der Waals surface area contributed by atoms with Gasteiger partial charge in [-0.3, -0.25) is 9.55 Å². The molecule has 0 atom stereocenters. The lowest BCUT2D eigenvalue weighted by Crippen LogP contribution is -2.02. The molecule has 3 heterocycles. The Morgan fingerprint density at radius 1 is 0.806 bits per heavy atom. The highest BCUT2D eigenvalue weighted by Gasteiger charge is 2.18. The van der Waals surface area contributed by atoms with Gasteiger partial charge in [-0.2, -0.15) is 0 Å². The van der Waals surface area contributed by atoms with Gasteiger partial charge in [-0.1, -0.05) is 48.2 Å². The standard InChI is InChI=1S/C23H18N6OS/c1-16-7-5-6-10-19(16)29-21(17-11-13-24-14-12-17)26-28-23(29)31-15-20-25-27-22(30-20)18-8-3-2-4-9-18/h2-14H,15H2,1H3. The van der Waals surface area contributed by atoms with Crippen LogP contribution in [-0.4, -0.2) is 29.9 Å². The van der Waals surface area contributed by atoms with Crippen molar-refractivity contribution in [1.29, 1.82) is 0 Å². The fourth-order valence-electron chi connectivity index (χ4n) is 3.22. The van der Waals surface area contributed by atoms with Crippen LogP contribution in [0, 0.1) is 6.92 Å². The third-order valence-electron chi connectivity index (χ3n) is 4.74. The smallest absolute Gasteiger partial charge is 0.247 e. The molecule has 7 nitrogen and oxygen atoms in total. The summed E-state index contributed by atoms with van der Waals surface area (Å²) in [7, 11) is 0. The number of pyridine rings is 1. The van der Waals surface area contributed by atoms with E-state index in [1.807, 2.05) is 54.6 Å². The van der Waals surface area contributed by atoms with Gasteiger partial charge in [-0.15, -0.1) is 20.4 Å². The molecule has 0 aliphatic carbocycles. The van der Waals surface area contributed by atoms with Crippen molar-refractivity contribution in [2.75, 3.05) is 0 Å². The van der Waals surface area contributed by atoms with E-state index in [1.165, 1.54) is 11.8 Å². The normalized spacial score (nSPS) is 11.0. The number of hydrogen-bond donors (Lipinski definition) is 0. The number of aromatic nitrogens is 6. The minimum Gasteiger partial charge on any atom is -0.420 e. The molecule has 0 bridgehead atoms. The number of para-hydroxylation sites is 1. The highest BCUT2D eigenvalue weighted by Crippen LogP contribution is 2.31. The van der Waals surface area contributed by atoms with Gasteiger partial charge in [0.2, 0.25) is 11.8 Å². The Hall–Kier alpha value is -3.78. The molecule has 8 heteroatoms. The van der Waals surface area contributed by atoms with Gasteiger partial charge < -0.3 is 4.42 Å². The third kappa shape index (κ3) is 3.97. The summed E-state index contributed by atoms with van der Waals surface area (Å²) in [5, 5.41) is 18.0.